The summed E-state index contributed by atoms with van der Waals surface area (Å²) in [5.41, 5.74) is 1.31. The zero-order chi connectivity index (χ0) is 21.1. The Balaban J connectivity index is 1.71. The van der Waals surface area contributed by atoms with E-state index in [4.69, 9.17) is 0 Å². The van der Waals surface area contributed by atoms with E-state index in [0.29, 0.717) is 11.1 Å². The highest BCUT2D eigenvalue weighted by Gasteiger charge is 2.23. The summed E-state index contributed by atoms with van der Waals surface area (Å²) in [6.45, 7) is 1.87. The molecule has 156 valence electrons. The fourth-order valence-electron chi connectivity index (χ4n) is 4.19. The van der Waals surface area contributed by atoms with Gasteiger partial charge in [-0.25, -0.2) is 9.78 Å². The van der Waals surface area contributed by atoms with E-state index in [-0.39, 0.29) is 29.7 Å². The molecular formula is C23H26N4O3. The number of hydrogen-bond donors (Lipinski definition) is 1. The maximum absolute atomic E-state index is 13.3. The molecule has 1 aliphatic carbocycles. The molecule has 0 atom stereocenters. The van der Waals surface area contributed by atoms with Crippen molar-refractivity contribution in [3.8, 4) is 0 Å². The Hall–Kier alpha value is -3.22. The third-order valence-corrected chi connectivity index (χ3v) is 5.82. The van der Waals surface area contributed by atoms with Gasteiger partial charge in [-0.3, -0.25) is 18.7 Å². The molecule has 1 aromatic carbocycles. The molecule has 0 radical (unpaired) electrons. The molecule has 2 heterocycles. The summed E-state index contributed by atoms with van der Waals surface area (Å²) in [6.07, 6.45) is 7.17. The number of carbonyl (C=O) groups excluding carboxylic acids is 1. The number of aryl methyl sites for hydroxylation is 1. The van der Waals surface area contributed by atoms with Crippen LogP contribution in [0.1, 0.15) is 50.6 Å². The number of benzene rings is 1. The highest BCUT2D eigenvalue weighted by atomic mass is 16.2. The van der Waals surface area contributed by atoms with E-state index in [1.54, 1.807) is 12.1 Å². The normalized spacial score (nSPS) is 14.7. The van der Waals surface area contributed by atoms with Crippen molar-refractivity contribution in [2.24, 2.45) is 0 Å². The number of aromatic nitrogens is 3. The van der Waals surface area contributed by atoms with Crippen molar-refractivity contribution < 1.29 is 4.79 Å². The van der Waals surface area contributed by atoms with Gasteiger partial charge in [0.2, 0.25) is 5.91 Å². The van der Waals surface area contributed by atoms with Crippen LogP contribution < -0.4 is 16.6 Å². The monoisotopic (exact) mass is 406 g/mol. The number of amides is 1. The second-order valence-electron chi connectivity index (χ2n) is 7.81. The molecule has 2 aromatic heterocycles. The van der Waals surface area contributed by atoms with Crippen LogP contribution in [-0.2, 0) is 17.8 Å². The molecule has 0 saturated heterocycles. The van der Waals surface area contributed by atoms with Gasteiger partial charge in [-0.15, -0.1) is 0 Å². The molecule has 0 spiro atoms. The van der Waals surface area contributed by atoms with E-state index in [1.165, 1.54) is 20.9 Å². The lowest BCUT2D eigenvalue weighted by Crippen LogP contribution is -2.44. The van der Waals surface area contributed by atoms with Gasteiger partial charge in [-0.2, -0.15) is 0 Å². The fraction of sp³-hybridized carbons (Fsp3) is 0.391. The third-order valence-electron chi connectivity index (χ3n) is 5.82. The zero-order valence-electron chi connectivity index (χ0n) is 17.1. The van der Waals surface area contributed by atoms with Gasteiger partial charge in [0.15, 0.2) is 0 Å². The number of hydrogen-bond acceptors (Lipinski definition) is 4. The molecule has 4 rings (SSSR count). The minimum absolute atomic E-state index is 0.126. The number of pyridine rings is 1. The lowest BCUT2D eigenvalue weighted by Gasteiger charge is -2.24. The Morgan fingerprint density at radius 1 is 1.10 bits per heavy atom. The van der Waals surface area contributed by atoms with Gasteiger partial charge in [-0.1, -0.05) is 38.3 Å². The lowest BCUT2D eigenvalue weighted by molar-refractivity contribution is -0.116. The fourth-order valence-corrected chi connectivity index (χ4v) is 4.19. The van der Waals surface area contributed by atoms with Crippen LogP contribution in [0.2, 0.25) is 0 Å². The van der Waals surface area contributed by atoms with E-state index in [1.807, 2.05) is 24.3 Å². The van der Waals surface area contributed by atoms with Crippen LogP contribution in [0.3, 0.4) is 0 Å². The average molecular weight is 406 g/mol. The van der Waals surface area contributed by atoms with Crippen molar-refractivity contribution in [3.05, 3.63) is 69.0 Å². The van der Waals surface area contributed by atoms with Gasteiger partial charge in [0.1, 0.15) is 12.2 Å². The quantitative estimate of drug-likeness (QED) is 0.705. The predicted octanol–water partition coefficient (Wildman–Crippen LogP) is 3.26. The van der Waals surface area contributed by atoms with Crippen LogP contribution in [0, 0.1) is 0 Å². The van der Waals surface area contributed by atoms with Crippen LogP contribution in [-0.4, -0.2) is 20.0 Å². The summed E-state index contributed by atoms with van der Waals surface area (Å²) in [6, 6.07) is 10.8. The summed E-state index contributed by atoms with van der Waals surface area (Å²) < 4.78 is 2.66. The highest BCUT2D eigenvalue weighted by molar-refractivity contribution is 5.91. The maximum atomic E-state index is 13.3. The number of nitrogens with zero attached hydrogens (tertiary/aromatic N) is 3. The Morgan fingerprint density at radius 2 is 1.83 bits per heavy atom. The van der Waals surface area contributed by atoms with Crippen molar-refractivity contribution in [1.82, 2.24) is 14.1 Å². The first-order valence-corrected chi connectivity index (χ1v) is 10.6. The van der Waals surface area contributed by atoms with Gasteiger partial charge in [-0.05, 0) is 49.1 Å². The van der Waals surface area contributed by atoms with Gasteiger partial charge < -0.3 is 5.32 Å². The molecular weight excluding hydrogens is 380 g/mol. The van der Waals surface area contributed by atoms with E-state index in [2.05, 4.69) is 17.2 Å². The maximum Gasteiger partial charge on any atom is 0.333 e. The molecule has 1 fully saturated rings. The molecule has 1 saturated carbocycles. The zero-order valence-corrected chi connectivity index (χ0v) is 17.1. The average Bonchev–Trinajstić information content (AvgIpc) is 2.78. The molecule has 0 bridgehead atoms. The number of nitrogens with one attached hydrogen (secondary N) is 1. The second-order valence-corrected chi connectivity index (χ2v) is 7.81. The van der Waals surface area contributed by atoms with Gasteiger partial charge in [0.05, 0.1) is 5.39 Å². The summed E-state index contributed by atoms with van der Waals surface area (Å²) in [7, 11) is 0. The van der Waals surface area contributed by atoms with Gasteiger partial charge in [0.25, 0.3) is 5.56 Å². The van der Waals surface area contributed by atoms with Crippen LogP contribution in [0.5, 0.6) is 0 Å². The summed E-state index contributed by atoms with van der Waals surface area (Å²) in [5.74, 6) is -0.331. The second kappa shape index (κ2) is 8.65. The minimum atomic E-state index is -0.463. The lowest BCUT2D eigenvalue weighted by atomic mass is 9.95. The molecule has 1 aliphatic rings. The number of carbonyl (C=O) groups is 1. The minimum Gasteiger partial charge on any atom is -0.325 e. The Kier molecular flexibility index (Phi) is 5.79. The first-order chi connectivity index (χ1) is 14.6. The Bertz CT molecular complexity index is 1170. The Labute approximate surface area is 174 Å². The molecule has 1 amide bonds. The number of fused-ring (bicyclic) bond motifs is 1. The molecule has 1 N–H and O–H groups in total. The summed E-state index contributed by atoms with van der Waals surface area (Å²) in [5, 5.41) is 3.20. The van der Waals surface area contributed by atoms with E-state index in [0.717, 1.165) is 38.5 Å². The van der Waals surface area contributed by atoms with E-state index >= 15 is 0 Å². The third kappa shape index (κ3) is 3.92. The molecule has 7 heteroatoms. The SMILES string of the molecule is CCc1ccc(NC(=O)Cn2c(=O)n(C3CCCCC3)c(=O)c3cccnc32)cc1. The predicted molar refractivity (Wildman–Crippen MR) is 117 cm³/mol. The van der Waals surface area contributed by atoms with Gasteiger partial charge in [0, 0.05) is 17.9 Å². The molecule has 0 aliphatic heterocycles. The summed E-state index contributed by atoms with van der Waals surface area (Å²) >= 11 is 0. The van der Waals surface area contributed by atoms with Crippen LogP contribution in [0.4, 0.5) is 5.69 Å². The standard InChI is InChI=1S/C23H26N4O3/c1-2-16-10-12-17(13-11-16)25-20(28)15-26-21-19(9-6-14-24-21)22(29)27(23(26)30)18-7-4-3-5-8-18/h6,9-14,18H,2-5,7-8,15H2,1H3,(H,25,28). The highest BCUT2D eigenvalue weighted by Crippen LogP contribution is 2.26. The molecule has 7 nitrogen and oxygen atoms in total. The molecule has 30 heavy (non-hydrogen) atoms. The van der Waals surface area contributed by atoms with Gasteiger partial charge >= 0.3 is 5.69 Å². The summed E-state index contributed by atoms with van der Waals surface area (Å²) in [4.78, 5) is 43.3. The van der Waals surface area contributed by atoms with Crippen LogP contribution in [0.25, 0.3) is 11.0 Å². The van der Waals surface area contributed by atoms with Crippen molar-refractivity contribution >= 4 is 22.6 Å². The largest absolute Gasteiger partial charge is 0.333 e. The van der Waals surface area contributed by atoms with Crippen molar-refractivity contribution in [2.75, 3.05) is 5.32 Å². The Morgan fingerprint density at radius 3 is 2.53 bits per heavy atom. The van der Waals surface area contributed by atoms with E-state index < -0.39 is 5.69 Å². The number of anilines is 1. The first kappa shape index (κ1) is 20.1. The van der Waals surface area contributed by atoms with Crippen LogP contribution in [0.15, 0.2) is 52.2 Å². The first-order valence-electron chi connectivity index (χ1n) is 10.6. The van der Waals surface area contributed by atoms with Crippen molar-refractivity contribution in [1.29, 1.82) is 0 Å². The van der Waals surface area contributed by atoms with E-state index in [9.17, 15) is 14.4 Å². The number of rotatable bonds is 5. The molecule has 3 aromatic rings. The van der Waals surface area contributed by atoms with Crippen molar-refractivity contribution in [3.63, 3.8) is 0 Å². The van der Waals surface area contributed by atoms with Crippen LogP contribution >= 0.6 is 0 Å². The topological polar surface area (TPSA) is 86.0 Å². The van der Waals surface area contributed by atoms with Crippen molar-refractivity contribution in [2.45, 2.75) is 58.0 Å². The smallest absolute Gasteiger partial charge is 0.325 e. The molecule has 0 unspecified atom stereocenters.